The molecule has 0 atom stereocenters. The van der Waals surface area contributed by atoms with Crippen LogP contribution in [0.15, 0.2) is 42.5 Å². The van der Waals surface area contributed by atoms with Gasteiger partial charge in [-0.05, 0) is 55.3 Å². The zero-order valence-electron chi connectivity index (χ0n) is 14.5. The number of hydrogen-bond donors (Lipinski definition) is 2. The molecule has 2 N–H and O–H groups in total. The fourth-order valence-electron chi connectivity index (χ4n) is 3.10. The highest BCUT2D eigenvalue weighted by Crippen LogP contribution is 2.23. The van der Waals surface area contributed by atoms with Crippen LogP contribution in [0, 0.1) is 0 Å². The Bertz CT molecular complexity index is 799. The first-order valence-corrected chi connectivity index (χ1v) is 9.00. The molecule has 3 rings (SSSR count). The first-order chi connectivity index (χ1) is 12.6. The number of ether oxygens (including phenoxy) is 1. The van der Waals surface area contributed by atoms with Gasteiger partial charge in [0.15, 0.2) is 0 Å². The van der Waals surface area contributed by atoms with E-state index in [1.165, 1.54) is 7.11 Å². The average Bonchev–Trinajstić information content (AvgIpc) is 3.16. The lowest BCUT2D eigenvalue weighted by molar-refractivity contribution is 0.0938. The third-order valence-electron chi connectivity index (χ3n) is 4.50. The van der Waals surface area contributed by atoms with Gasteiger partial charge in [0.1, 0.15) is 5.75 Å². The van der Waals surface area contributed by atoms with Gasteiger partial charge in [-0.1, -0.05) is 24.4 Å². The number of nitrogens with one attached hydrogen (secondary N) is 2. The van der Waals surface area contributed by atoms with Gasteiger partial charge in [-0.3, -0.25) is 9.59 Å². The Balaban J connectivity index is 1.78. The largest absolute Gasteiger partial charge is 0.496 e. The van der Waals surface area contributed by atoms with Crippen LogP contribution >= 0.6 is 11.6 Å². The van der Waals surface area contributed by atoms with Crippen molar-refractivity contribution in [2.45, 2.75) is 31.7 Å². The first-order valence-electron chi connectivity index (χ1n) is 8.62. The van der Waals surface area contributed by atoms with Crippen LogP contribution in [0.1, 0.15) is 46.4 Å². The molecule has 2 aromatic rings. The van der Waals surface area contributed by atoms with E-state index < -0.39 is 0 Å². The lowest BCUT2D eigenvalue weighted by atomic mass is 10.1. The van der Waals surface area contributed by atoms with Crippen LogP contribution < -0.4 is 15.4 Å². The number of carbonyl (C=O) groups is 2. The number of benzene rings is 2. The van der Waals surface area contributed by atoms with Crippen LogP contribution in [0.5, 0.6) is 5.75 Å². The Hall–Kier alpha value is -2.53. The maximum atomic E-state index is 12.6. The van der Waals surface area contributed by atoms with E-state index in [0.29, 0.717) is 27.6 Å². The summed E-state index contributed by atoms with van der Waals surface area (Å²) in [6.45, 7) is 0. The number of amides is 2. The van der Waals surface area contributed by atoms with E-state index in [0.717, 1.165) is 25.7 Å². The second-order valence-corrected chi connectivity index (χ2v) is 6.77. The van der Waals surface area contributed by atoms with Gasteiger partial charge >= 0.3 is 0 Å². The highest BCUT2D eigenvalue weighted by molar-refractivity contribution is 6.30. The molecule has 1 aliphatic carbocycles. The molecule has 0 radical (unpaired) electrons. The van der Waals surface area contributed by atoms with Crippen LogP contribution in [-0.2, 0) is 0 Å². The molecule has 2 aromatic carbocycles. The summed E-state index contributed by atoms with van der Waals surface area (Å²) in [5.74, 6) is -0.103. The summed E-state index contributed by atoms with van der Waals surface area (Å²) in [4.78, 5) is 25.1. The van der Waals surface area contributed by atoms with Crippen LogP contribution in [0.3, 0.4) is 0 Å². The normalized spacial score (nSPS) is 14.1. The third kappa shape index (κ3) is 4.35. The van der Waals surface area contributed by atoms with Crippen molar-refractivity contribution in [2.75, 3.05) is 12.4 Å². The van der Waals surface area contributed by atoms with Crippen molar-refractivity contribution in [3.05, 3.63) is 58.6 Å². The Kier molecular flexibility index (Phi) is 5.78. The van der Waals surface area contributed by atoms with E-state index in [1.807, 2.05) is 0 Å². The topological polar surface area (TPSA) is 67.4 Å². The van der Waals surface area contributed by atoms with E-state index >= 15 is 0 Å². The van der Waals surface area contributed by atoms with Gasteiger partial charge in [0, 0.05) is 22.3 Å². The molecule has 0 spiro atoms. The molecule has 0 unspecified atom stereocenters. The zero-order chi connectivity index (χ0) is 18.5. The van der Waals surface area contributed by atoms with Crippen molar-refractivity contribution in [3.8, 4) is 5.75 Å². The van der Waals surface area contributed by atoms with E-state index in [4.69, 9.17) is 16.3 Å². The standard InChI is InChI=1S/C20H21ClN2O3/c1-26-18-11-6-13(19(24)22-15-4-2-3-5-15)12-17(18)20(25)23-16-9-7-14(21)8-10-16/h6-12,15H,2-5H2,1H3,(H,22,24)(H,23,25). The molecule has 2 amide bonds. The van der Waals surface area contributed by atoms with Crippen molar-refractivity contribution in [2.24, 2.45) is 0 Å². The summed E-state index contributed by atoms with van der Waals surface area (Å²) in [6.07, 6.45) is 4.29. The molecule has 1 fully saturated rings. The van der Waals surface area contributed by atoms with Gasteiger partial charge in [-0.25, -0.2) is 0 Å². The summed E-state index contributed by atoms with van der Waals surface area (Å²) in [5.41, 5.74) is 1.36. The minimum atomic E-state index is -0.348. The molecule has 0 heterocycles. The zero-order valence-corrected chi connectivity index (χ0v) is 15.3. The van der Waals surface area contributed by atoms with Crippen LogP contribution in [-0.4, -0.2) is 25.0 Å². The molecule has 0 aliphatic heterocycles. The molecule has 0 aromatic heterocycles. The molecular weight excluding hydrogens is 352 g/mol. The van der Waals surface area contributed by atoms with Gasteiger partial charge in [0.2, 0.25) is 0 Å². The van der Waals surface area contributed by atoms with E-state index in [-0.39, 0.29) is 17.9 Å². The van der Waals surface area contributed by atoms with Crippen LogP contribution in [0.25, 0.3) is 0 Å². The third-order valence-corrected chi connectivity index (χ3v) is 4.75. The Morgan fingerprint density at radius 2 is 1.73 bits per heavy atom. The lowest BCUT2D eigenvalue weighted by Crippen LogP contribution is -2.32. The number of carbonyl (C=O) groups excluding carboxylic acids is 2. The monoisotopic (exact) mass is 372 g/mol. The Morgan fingerprint density at radius 1 is 1.04 bits per heavy atom. The summed E-state index contributed by atoms with van der Waals surface area (Å²) < 4.78 is 5.28. The molecular formula is C20H21ClN2O3. The SMILES string of the molecule is COc1ccc(C(=O)NC2CCCC2)cc1C(=O)Nc1ccc(Cl)cc1. The minimum absolute atomic E-state index is 0.167. The highest BCUT2D eigenvalue weighted by Gasteiger charge is 2.20. The number of rotatable bonds is 5. The molecule has 1 saturated carbocycles. The van der Waals surface area contributed by atoms with E-state index in [2.05, 4.69) is 10.6 Å². The van der Waals surface area contributed by atoms with Gasteiger partial charge in [-0.2, -0.15) is 0 Å². The number of halogens is 1. The Morgan fingerprint density at radius 3 is 2.38 bits per heavy atom. The van der Waals surface area contributed by atoms with Crippen molar-refractivity contribution < 1.29 is 14.3 Å². The van der Waals surface area contributed by atoms with Gasteiger partial charge in [0.05, 0.1) is 12.7 Å². The fraction of sp³-hybridized carbons (Fsp3) is 0.300. The summed E-state index contributed by atoms with van der Waals surface area (Å²) >= 11 is 5.86. The molecule has 5 nitrogen and oxygen atoms in total. The lowest BCUT2D eigenvalue weighted by Gasteiger charge is -2.14. The van der Waals surface area contributed by atoms with E-state index in [9.17, 15) is 9.59 Å². The van der Waals surface area contributed by atoms with Gasteiger partial charge in [-0.15, -0.1) is 0 Å². The molecule has 0 saturated heterocycles. The maximum Gasteiger partial charge on any atom is 0.259 e. The molecule has 136 valence electrons. The number of anilines is 1. The van der Waals surface area contributed by atoms with Gasteiger partial charge in [0.25, 0.3) is 11.8 Å². The van der Waals surface area contributed by atoms with E-state index in [1.54, 1.807) is 42.5 Å². The molecule has 1 aliphatic rings. The van der Waals surface area contributed by atoms with Crippen LogP contribution in [0.2, 0.25) is 5.02 Å². The first kappa shape index (κ1) is 18.3. The van der Waals surface area contributed by atoms with Crippen LogP contribution in [0.4, 0.5) is 5.69 Å². The quantitative estimate of drug-likeness (QED) is 0.823. The molecule has 6 heteroatoms. The Labute approximate surface area is 157 Å². The van der Waals surface area contributed by atoms with Crippen molar-refractivity contribution >= 4 is 29.1 Å². The second kappa shape index (κ2) is 8.23. The average molecular weight is 373 g/mol. The number of hydrogen-bond acceptors (Lipinski definition) is 3. The summed E-state index contributed by atoms with van der Waals surface area (Å²) in [6, 6.07) is 11.9. The maximum absolute atomic E-state index is 12.6. The summed E-state index contributed by atoms with van der Waals surface area (Å²) in [7, 11) is 1.49. The van der Waals surface area contributed by atoms with Crippen molar-refractivity contribution in [3.63, 3.8) is 0 Å². The second-order valence-electron chi connectivity index (χ2n) is 6.33. The predicted molar refractivity (Wildman–Crippen MR) is 102 cm³/mol. The molecule has 0 bridgehead atoms. The smallest absolute Gasteiger partial charge is 0.259 e. The predicted octanol–water partition coefficient (Wildman–Crippen LogP) is 4.27. The minimum Gasteiger partial charge on any atom is -0.496 e. The highest BCUT2D eigenvalue weighted by atomic mass is 35.5. The van der Waals surface area contributed by atoms with Crippen molar-refractivity contribution in [1.82, 2.24) is 5.32 Å². The van der Waals surface area contributed by atoms with Gasteiger partial charge < -0.3 is 15.4 Å². The summed E-state index contributed by atoms with van der Waals surface area (Å²) in [5, 5.41) is 6.41. The number of methoxy groups -OCH3 is 1. The fourth-order valence-corrected chi connectivity index (χ4v) is 3.22. The van der Waals surface area contributed by atoms with Crippen molar-refractivity contribution in [1.29, 1.82) is 0 Å². The molecule has 26 heavy (non-hydrogen) atoms.